The molecule has 0 saturated carbocycles. The van der Waals surface area contributed by atoms with E-state index in [0.29, 0.717) is 18.0 Å². The molecule has 0 aliphatic carbocycles. The smallest absolute Gasteiger partial charge is 0.161 e. The molecule has 1 aromatic rings. The largest absolute Gasteiger partial charge is 0.493 e. The summed E-state index contributed by atoms with van der Waals surface area (Å²) in [6, 6.07) is 5.82. The van der Waals surface area contributed by atoms with E-state index in [-0.39, 0.29) is 12.7 Å². The van der Waals surface area contributed by atoms with Crippen LogP contribution in [0.1, 0.15) is 25.3 Å². The second-order valence-electron chi connectivity index (χ2n) is 6.42. The molecular weight excluding hydrogens is 318 g/mol. The number of hydrogen-bond donors (Lipinski definition) is 1. The highest BCUT2D eigenvalue weighted by Crippen LogP contribution is 2.28. The van der Waals surface area contributed by atoms with Gasteiger partial charge >= 0.3 is 0 Å². The summed E-state index contributed by atoms with van der Waals surface area (Å²) in [6.07, 6.45) is 4.59. The van der Waals surface area contributed by atoms with Gasteiger partial charge < -0.3 is 19.3 Å². The molecule has 140 valence electrons. The van der Waals surface area contributed by atoms with Crippen molar-refractivity contribution in [1.82, 2.24) is 4.90 Å². The van der Waals surface area contributed by atoms with Gasteiger partial charge in [-0.25, -0.2) is 0 Å². The molecule has 0 amide bonds. The maximum absolute atomic E-state index is 10.3. The van der Waals surface area contributed by atoms with E-state index >= 15 is 0 Å². The van der Waals surface area contributed by atoms with Crippen molar-refractivity contribution >= 4 is 0 Å². The Morgan fingerprint density at radius 3 is 2.96 bits per heavy atom. The summed E-state index contributed by atoms with van der Waals surface area (Å²) in [5, 5.41) is 10.3. The van der Waals surface area contributed by atoms with Crippen molar-refractivity contribution in [2.75, 3.05) is 40.0 Å². The van der Waals surface area contributed by atoms with E-state index in [0.717, 1.165) is 44.5 Å². The molecule has 1 saturated heterocycles. The van der Waals surface area contributed by atoms with Gasteiger partial charge in [0.2, 0.25) is 0 Å². The molecule has 5 nitrogen and oxygen atoms in total. The monoisotopic (exact) mass is 349 g/mol. The lowest BCUT2D eigenvalue weighted by Crippen LogP contribution is -2.44. The molecule has 1 N–H and O–H groups in total. The predicted octanol–water partition coefficient (Wildman–Crippen LogP) is 2.66. The molecule has 1 aliphatic heterocycles. The minimum Gasteiger partial charge on any atom is -0.493 e. The van der Waals surface area contributed by atoms with Crippen LogP contribution in [0.3, 0.4) is 0 Å². The first-order valence-corrected chi connectivity index (χ1v) is 9.08. The van der Waals surface area contributed by atoms with Crippen LogP contribution in [0.4, 0.5) is 0 Å². The van der Waals surface area contributed by atoms with Crippen molar-refractivity contribution < 1.29 is 19.3 Å². The Morgan fingerprint density at radius 2 is 2.24 bits per heavy atom. The number of hydrogen-bond acceptors (Lipinski definition) is 5. The van der Waals surface area contributed by atoms with E-state index < -0.39 is 6.10 Å². The second kappa shape index (κ2) is 10.4. The van der Waals surface area contributed by atoms with Crippen LogP contribution in [0, 0.1) is 0 Å². The van der Waals surface area contributed by atoms with Crippen molar-refractivity contribution in [3.05, 3.63) is 36.4 Å². The van der Waals surface area contributed by atoms with Crippen LogP contribution < -0.4 is 9.47 Å². The Hall–Kier alpha value is -1.56. The number of β-amino-alcohol motifs (C(OH)–C–C–N with tert-alkyl or cyclic N) is 1. The van der Waals surface area contributed by atoms with E-state index in [1.165, 1.54) is 0 Å². The molecule has 0 bridgehead atoms. The van der Waals surface area contributed by atoms with Gasteiger partial charge in [0.15, 0.2) is 11.5 Å². The quantitative estimate of drug-likeness (QED) is 0.658. The molecule has 25 heavy (non-hydrogen) atoms. The predicted molar refractivity (Wildman–Crippen MR) is 99.5 cm³/mol. The molecular formula is C20H31NO4. The maximum Gasteiger partial charge on any atom is 0.161 e. The molecule has 1 heterocycles. The Balaban J connectivity index is 1.83. The van der Waals surface area contributed by atoms with Gasteiger partial charge in [0.25, 0.3) is 0 Å². The van der Waals surface area contributed by atoms with Gasteiger partial charge in [0, 0.05) is 19.7 Å². The van der Waals surface area contributed by atoms with Crippen molar-refractivity contribution in [1.29, 1.82) is 0 Å². The minimum absolute atomic E-state index is 0.243. The molecule has 1 aliphatic rings. The number of nitrogens with zero attached hydrogens (tertiary/aromatic N) is 1. The topological polar surface area (TPSA) is 51.2 Å². The summed E-state index contributed by atoms with van der Waals surface area (Å²) in [6.45, 7) is 9.23. The molecule has 2 atom stereocenters. The number of piperidine rings is 1. The van der Waals surface area contributed by atoms with Crippen molar-refractivity contribution in [3.8, 4) is 11.5 Å². The fraction of sp³-hybridized carbons (Fsp3) is 0.600. The molecule has 2 unspecified atom stereocenters. The van der Waals surface area contributed by atoms with Gasteiger partial charge in [0.1, 0.15) is 12.7 Å². The minimum atomic E-state index is -0.544. The third-order valence-electron chi connectivity index (χ3n) is 4.37. The standard InChI is InChI=1S/C20H31NO4/c1-4-7-16-9-10-19(20(12-16)23-3)25-15-17(22)13-21-11-6-8-18(14-21)24-5-2/h4,9-10,12,17-18,22H,1,5-8,11,13-15H2,2-3H3. The van der Waals surface area contributed by atoms with Crippen LogP contribution in [0.5, 0.6) is 11.5 Å². The van der Waals surface area contributed by atoms with Crippen LogP contribution >= 0.6 is 0 Å². The summed E-state index contributed by atoms with van der Waals surface area (Å²) in [5.41, 5.74) is 1.12. The van der Waals surface area contributed by atoms with Gasteiger partial charge in [-0.05, 0) is 50.4 Å². The van der Waals surface area contributed by atoms with E-state index in [2.05, 4.69) is 11.5 Å². The van der Waals surface area contributed by atoms with Gasteiger partial charge in [-0.15, -0.1) is 6.58 Å². The molecule has 0 spiro atoms. The van der Waals surface area contributed by atoms with Gasteiger partial charge in [0.05, 0.1) is 13.2 Å². The summed E-state index contributed by atoms with van der Waals surface area (Å²) >= 11 is 0. The number of aliphatic hydroxyl groups is 1. The number of allylic oxidation sites excluding steroid dienone is 1. The molecule has 0 aromatic heterocycles. The van der Waals surface area contributed by atoms with E-state index in [4.69, 9.17) is 14.2 Å². The summed E-state index contributed by atoms with van der Waals surface area (Å²) in [5.74, 6) is 1.33. The van der Waals surface area contributed by atoms with E-state index in [1.807, 2.05) is 31.2 Å². The van der Waals surface area contributed by atoms with Crippen molar-refractivity contribution in [2.24, 2.45) is 0 Å². The highest BCUT2D eigenvalue weighted by Gasteiger charge is 2.22. The Bertz CT molecular complexity index is 532. The van der Waals surface area contributed by atoms with Crippen molar-refractivity contribution in [2.45, 2.75) is 38.4 Å². The third-order valence-corrected chi connectivity index (χ3v) is 4.37. The number of ether oxygens (including phenoxy) is 3. The lowest BCUT2D eigenvalue weighted by Gasteiger charge is -2.33. The molecule has 2 rings (SSSR count). The average Bonchev–Trinajstić information content (AvgIpc) is 2.61. The number of likely N-dealkylation sites (tertiary alicyclic amines) is 1. The van der Waals surface area contributed by atoms with E-state index in [9.17, 15) is 5.11 Å². The Morgan fingerprint density at radius 1 is 1.40 bits per heavy atom. The fourth-order valence-corrected chi connectivity index (χ4v) is 3.21. The Kier molecular flexibility index (Phi) is 8.25. The lowest BCUT2D eigenvalue weighted by atomic mass is 10.1. The number of aliphatic hydroxyl groups excluding tert-OH is 1. The molecule has 5 heteroatoms. The third kappa shape index (κ3) is 6.34. The van der Waals surface area contributed by atoms with Crippen LogP contribution in [0.2, 0.25) is 0 Å². The first-order valence-electron chi connectivity index (χ1n) is 9.08. The molecule has 0 radical (unpaired) electrons. The van der Waals surface area contributed by atoms with Gasteiger partial charge in [-0.3, -0.25) is 4.90 Å². The summed E-state index contributed by atoms with van der Waals surface area (Å²) < 4.78 is 16.9. The number of rotatable bonds is 10. The maximum atomic E-state index is 10.3. The zero-order valence-electron chi connectivity index (χ0n) is 15.4. The molecule has 1 fully saturated rings. The highest BCUT2D eigenvalue weighted by molar-refractivity contribution is 5.43. The van der Waals surface area contributed by atoms with Crippen molar-refractivity contribution in [3.63, 3.8) is 0 Å². The number of benzene rings is 1. The first-order chi connectivity index (χ1) is 12.2. The lowest BCUT2D eigenvalue weighted by molar-refractivity contribution is -0.0124. The van der Waals surface area contributed by atoms with Crippen LogP contribution in [0.15, 0.2) is 30.9 Å². The highest BCUT2D eigenvalue weighted by atomic mass is 16.5. The number of methoxy groups -OCH3 is 1. The SMILES string of the molecule is C=CCc1ccc(OCC(O)CN2CCCC(OCC)C2)c(OC)c1. The summed E-state index contributed by atoms with van der Waals surface area (Å²) in [7, 11) is 1.62. The van der Waals surface area contributed by atoms with E-state index in [1.54, 1.807) is 7.11 Å². The second-order valence-corrected chi connectivity index (χ2v) is 6.42. The van der Waals surface area contributed by atoms with Crippen LogP contribution in [-0.4, -0.2) is 62.2 Å². The average molecular weight is 349 g/mol. The van der Waals surface area contributed by atoms with Crippen LogP contribution in [-0.2, 0) is 11.2 Å². The Labute approximate surface area is 151 Å². The first kappa shape index (κ1) is 19.8. The van der Waals surface area contributed by atoms with Gasteiger partial charge in [-0.1, -0.05) is 12.1 Å². The zero-order chi connectivity index (χ0) is 18.1. The normalized spacial score (nSPS) is 19.4. The summed E-state index contributed by atoms with van der Waals surface area (Å²) in [4.78, 5) is 2.25. The van der Waals surface area contributed by atoms with Gasteiger partial charge in [-0.2, -0.15) is 0 Å². The zero-order valence-corrected chi connectivity index (χ0v) is 15.4. The molecule has 1 aromatic carbocycles. The van der Waals surface area contributed by atoms with Crippen LogP contribution in [0.25, 0.3) is 0 Å². The fourth-order valence-electron chi connectivity index (χ4n) is 3.21.